The van der Waals surface area contributed by atoms with Gasteiger partial charge in [0, 0.05) is 11.5 Å². The second-order valence-corrected chi connectivity index (χ2v) is 3.47. The van der Waals surface area contributed by atoms with Crippen LogP contribution in [0.5, 0.6) is 0 Å². The molecule has 0 aliphatic rings. The summed E-state index contributed by atoms with van der Waals surface area (Å²) >= 11 is 3.28. The molecular weight excluding hydrogens is 230 g/mol. The Labute approximate surface area is 86.0 Å². The Morgan fingerprint density at radius 3 is 2.85 bits per heavy atom. The largest absolute Gasteiger partial charge is 0.258 e. The van der Waals surface area contributed by atoms with Gasteiger partial charge in [0.25, 0.3) is 0 Å². The zero-order valence-electron chi connectivity index (χ0n) is 7.58. The van der Waals surface area contributed by atoms with E-state index in [-0.39, 0.29) is 5.92 Å². The molecule has 0 bridgehead atoms. The molecule has 0 aliphatic heterocycles. The smallest absolute Gasteiger partial charge is 0.0999 e. The number of nitriles is 1. The third-order valence-corrected chi connectivity index (χ3v) is 2.40. The third-order valence-electron chi connectivity index (χ3n) is 1.75. The van der Waals surface area contributed by atoms with Crippen molar-refractivity contribution in [2.24, 2.45) is 0 Å². The van der Waals surface area contributed by atoms with Crippen molar-refractivity contribution in [2.75, 3.05) is 5.33 Å². The topological polar surface area (TPSA) is 49.6 Å². The number of rotatable bonds is 2. The summed E-state index contributed by atoms with van der Waals surface area (Å²) in [7, 11) is 0. The number of alkyl halides is 1. The maximum absolute atomic E-state index is 8.85. The summed E-state index contributed by atoms with van der Waals surface area (Å²) in [5.41, 5.74) is 2.46. The summed E-state index contributed by atoms with van der Waals surface area (Å²) in [6.45, 7) is 3.74. The highest BCUT2D eigenvalue weighted by Crippen LogP contribution is 2.17. The first kappa shape index (κ1) is 10.1. The molecule has 0 aromatic carbocycles. The molecule has 1 rings (SSSR count). The van der Waals surface area contributed by atoms with Crippen LogP contribution >= 0.6 is 15.9 Å². The number of halogens is 1. The van der Waals surface area contributed by atoms with E-state index in [0.29, 0.717) is 5.33 Å². The van der Waals surface area contributed by atoms with E-state index < -0.39 is 0 Å². The summed E-state index contributed by atoms with van der Waals surface area (Å²) in [6, 6.07) is 2.19. The van der Waals surface area contributed by atoms with E-state index in [1.807, 2.05) is 13.8 Å². The molecule has 0 saturated heterocycles. The molecule has 4 heteroatoms. The Hall–Kier alpha value is -0.950. The van der Waals surface area contributed by atoms with E-state index in [1.165, 1.54) is 0 Å². The molecule has 0 N–H and O–H groups in total. The number of nitrogens with zero attached hydrogens (tertiary/aromatic N) is 3. The van der Waals surface area contributed by atoms with E-state index in [4.69, 9.17) is 5.26 Å². The highest BCUT2D eigenvalue weighted by Gasteiger charge is 2.13. The van der Waals surface area contributed by atoms with Crippen LogP contribution in [-0.2, 0) is 0 Å². The maximum Gasteiger partial charge on any atom is 0.0999 e. The van der Waals surface area contributed by atoms with Crippen molar-refractivity contribution in [1.29, 1.82) is 5.26 Å². The van der Waals surface area contributed by atoms with Crippen LogP contribution in [0.3, 0.4) is 0 Å². The number of hydrogen-bond donors (Lipinski definition) is 0. The lowest BCUT2D eigenvalue weighted by atomic mass is 10.1. The average Bonchev–Trinajstić information content (AvgIpc) is 2.13. The second kappa shape index (κ2) is 4.33. The zero-order chi connectivity index (χ0) is 9.84. The fraction of sp³-hybridized carbons (Fsp3) is 0.444. The minimum absolute atomic E-state index is 0.201. The summed E-state index contributed by atoms with van der Waals surface area (Å²) in [5.74, 6) is -0.201. The van der Waals surface area contributed by atoms with Crippen molar-refractivity contribution in [3.63, 3.8) is 0 Å². The first-order chi connectivity index (χ1) is 6.19. The van der Waals surface area contributed by atoms with Gasteiger partial charge in [-0.25, -0.2) is 0 Å². The van der Waals surface area contributed by atoms with Crippen LogP contribution < -0.4 is 0 Å². The van der Waals surface area contributed by atoms with Gasteiger partial charge in [0.05, 0.1) is 29.1 Å². The van der Waals surface area contributed by atoms with Crippen molar-refractivity contribution in [3.8, 4) is 6.07 Å². The van der Waals surface area contributed by atoms with Crippen molar-refractivity contribution < 1.29 is 0 Å². The second-order valence-electron chi connectivity index (χ2n) is 2.82. The van der Waals surface area contributed by atoms with Crippen LogP contribution in [0.2, 0.25) is 0 Å². The lowest BCUT2D eigenvalue weighted by Crippen LogP contribution is -2.05. The molecule has 0 aliphatic carbocycles. The molecule has 0 saturated carbocycles. The van der Waals surface area contributed by atoms with Gasteiger partial charge in [0.15, 0.2) is 0 Å². The molecule has 1 unspecified atom stereocenters. The minimum atomic E-state index is -0.201. The molecule has 68 valence electrons. The van der Waals surface area contributed by atoms with E-state index in [0.717, 1.165) is 17.1 Å². The monoisotopic (exact) mass is 239 g/mol. The highest BCUT2D eigenvalue weighted by molar-refractivity contribution is 9.09. The predicted molar refractivity (Wildman–Crippen MR) is 53.7 cm³/mol. The lowest BCUT2D eigenvalue weighted by molar-refractivity contribution is 0.872. The standard InChI is InChI=1S/C9H10BrN3/c1-6-5-12-7(2)9(13-6)8(3-10)4-11/h5,8H,3H2,1-2H3. The first-order valence-electron chi connectivity index (χ1n) is 3.94. The summed E-state index contributed by atoms with van der Waals surface area (Å²) in [6.07, 6.45) is 1.71. The minimum Gasteiger partial charge on any atom is -0.258 e. The van der Waals surface area contributed by atoms with Crippen molar-refractivity contribution in [1.82, 2.24) is 9.97 Å². The van der Waals surface area contributed by atoms with Gasteiger partial charge >= 0.3 is 0 Å². The molecule has 1 aromatic heterocycles. The Morgan fingerprint density at radius 1 is 1.62 bits per heavy atom. The molecule has 0 spiro atoms. The van der Waals surface area contributed by atoms with Gasteiger partial charge in [-0.1, -0.05) is 15.9 Å². The van der Waals surface area contributed by atoms with Crippen molar-refractivity contribution >= 4 is 15.9 Å². The molecule has 0 amide bonds. The van der Waals surface area contributed by atoms with Gasteiger partial charge in [-0.15, -0.1) is 0 Å². The van der Waals surface area contributed by atoms with Gasteiger partial charge in [0.1, 0.15) is 0 Å². The van der Waals surface area contributed by atoms with Gasteiger partial charge in [-0.05, 0) is 13.8 Å². The Balaban J connectivity index is 3.13. The van der Waals surface area contributed by atoms with Gasteiger partial charge in [-0.2, -0.15) is 5.26 Å². The number of hydrogen-bond acceptors (Lipinski definition) is 3. The van der Waals surface area contributed by atoms with Crippen LogP contribution in [0.25, 0.3) is 0 Å². The SMILES string of the molecule is Cc1cnc(C)c(C(C#N)CBr)n1. The van der Waals surface area contributed by atoms with Gasteiger partial charge in [-0.3, -0.25) is 9.97 Å². The normalized spacial score (nSPS) is 12.2. The zero-order valence-corrected chi connectivity index (χ0v) is 9.17. The fourth-order valence-electron chi connectivity index (χ4n) is 1.05. The molecule has 0 fully saturated rings. The predicted octanol–water partition coefficient (Wildman–Crippen LogP) is 2.10. The maximum atomic E-state index is 8.85. The van der Waals surface area contributed by atoms with Crippen LogP contribution in [0.4, 0.5) is 0 Å². The van der Waals surface area contributed by atoms with Crippen LogP contribution in [0, 0.1) is 25.2 Å². The quantitative estimate of drug-likeness (QED) is 0.743. The molecule has 13 heavy (non-hydrogen) atoms. The average molecular weight is 240 g/mol. The van der Waals surface area contributed by atoms with Crippen molar-refractivity contribution in [3.05, 3.63) is 23.3 Å². The van der Waals surface area contributed by atoms with Gasteiger partial charge < -0.3 is 0 Å². The third kappa shape index (κ3) is 2.25. The van der Waals surface area contributed by atoms with Gasteiger partial charge in [0.2, 0.25) is 0 Å². The highest BCUT2D eigenvalue weighted by atomic mass is 79.9. The lowest BCUT2D eigenvalue weighted by Gasteiger charge is -2.07. The number of aromatic nitrogens is 2. The summed E-state index contributed by atoms with van der Waals surface area (Å²) in [5, 5.41) is 9.45. The van der Waals surface area contributed by atoms with E-state index in [2.05, 4.69) is 32.0 Å². The molecule has 1 aromatic rings. The molecular formula is C9H10BrN3. The molecule has 3 nitrogen and oxygen atoms in total. The summed E-state index contributed by atoms with van der Waals surface area (Å²) < 4.78 is 0. The van der Waals surface area contributed by atoms with Crippen LogP contribution in [0.15, 0.2) is 6.20 Å². The molecule has 1 heterocycles. The molecule has 1 atom stereocenters. The first-order valence-corrected chi connectivity index (χ1v) is 5.07. The summed E-state index contributed by atoms with van der Waals surface area (Å²) in [4.78, 5) is 8.46. The van der Waals surface area contributed by atoms with Crippen LogP contribution in [0.1, 0.15) is 23.0 Å². The number of aryl methyl sites for hydroxylation is 2. The molecule has 0 radical (unpaired) electrons. The fourth-order valence-corrected chi connectivity index (χ4v) is 1.51. The Morgan fingerprint density at radius 2 is 2.31 bits per heavy atom. The van der Waals surface area contributed by atoms with Crippen LogP contribution in [-0.4, -0.2) is 15.3 Å². The Kier molecular flexibility index (Phi) is 3.38. The van der Waals surface area contributed by atoms with Crippen molar-refractivity contribution in [2.45, 2.75) is 19.8 Å². The van der Waals surface area contributed by atoms with E-state index in [1.54, 1.807) is 6.20 Å². The van der Waals surface area contributed by atoms with E-state index in [9.17, 15) is 0 Å². The van der Waals surface area contributed by atoms with E-state index >= 15 is 0 Å². The Bertz CT molecular complexity index is 343.